The largest absolute Gasteiger partial charge is 0.326 e. The van der Waals surface area contributed by atoms with Gasteiger partial charge in [-0.2, -0.15) is 0 Å². The van der Waals surface area contributed by atoms with Crippen molar-refractivity contribution in [3.63, 3.8) is 0 Å². The Bertz CT molecular complexity index is 741. The molecule has 1 aliphatic rings. The van der Waals surface area contributed by atoms with Gasteiger partial charge in [0.05, 0.1) is 5.92 Å². The van der Waals surface area contributed by atoms with E-state index in [1.54, 1.807) is 24.3 Å². The maximum absolute atomic E-state index is 13.6. The Morgan fingerprint density at radius 2 is 1.77 bits per heavy atom. The summed E-state index contributed by atoms with van der Waals surface area (Å²) >= 11 is 0. The highest BCUT2D eigenvalue weighted by molar-refractivity contribution is 6.05. The number of amides is 2. The fourth-order valence-corrected chi connectivity index (χ4v) is 2.47. The monoisotopic (exact) mass is 302 g/mol. The van der Waals surface area contributed by atoms with Gasteiger partial charge < -0.3 is 10.6 Å². The number of fused-ring (bicyclic) bond motifs is 1. The molecule has 0 radical (unpaired) electrons. The Labute approximate surface area is 125 Å². The van der Waals surface area contributed by atoms with Crippen LogP contribution in [0.2, 0.25) is 0 Å². The third-order valence-corrected chi connectivity index (χ3v) is 3.53. The molecule has 0 spiro atoms. The lowest BCUT2D eigenvalue weighted by atomic mass is 9.90. The van der Waals surface area contributed by atoms with E-state index in [0.29, 0.717) is 11.3 Å². The molecule has 0 aromatic heterocycles. The topological polar surface area (TPSA) is 58.2 Å². The van der Waals surface area contributed by atoms with E-state index in [-0.39, 0.29) is 12.3 Å². The number of hydrogen-bond donors (Lipinski definition) is 2. The number of benzene rings is 2. The maximum Gasteiger partial charge on any atom is 0.232 e. The summed E-state index contributed by atoms with van der Waals surface area (Å²) in [6.45, 7) is 0. The van der Waals surface area contributed by atoms with Crippen molar-refractivity contribution in [2.45, 2.75) is 12.3 Å². The highest BCUT2D eigenvalue weighted by atomic mass is 19.1. The van der Waals surface area contributed by atoms with E-state index in [9.17, 15) is 18.4 Å². The zero-order chi connectivity index (χ0) is 15.7. The highest BCUT2D eigenvalue weighted by Crippen LogP contribution is 2.33. The third kappa shape index (κ3) is 2.55. The molecular weight excluding hydrogens is 290 g/mol. The Morgan fingerprint density at radius 3 is 2.50 bits per heavy atom. The van der Waals surface area contributed by atoms with Crippen LogP contribution >= 0.6 is 0 Å². The van der Waals surface area contributed by atoms with Crippen LogP contribution in [0.15, 0.2) is 42.5 Å². The lowest BCUT2D eigenvalue weighted by molar-refractivity contribution is -0.123. The molecule has 0 fully saturated rings. The zero-order valence-corrected chi connectivity index (χ0v) is 11.4. The van der Waals surface area contributed by atoms with E-state index < -0.39 is 29.1 Å². The van der Waals surface area contributed by atoms with Gasteiger partial charge in [-0.3, -0.25) is 9.59 Å². The first-order chi connectivity index (χ1) is 10.6. The second-order valence-corrected chi connectivity index (χ2v) is 4.98. The van der Waals surface area contributed by atoms with Gasteiger partial charge in [-0.05, 0) is 23.8 Å². The molecule has 2 aromatic rings. The minimum atomic E-state index is -0.859. The van der Waals surface area contributed by atoms with Crippen LogP contribution in [-0.4, -0.2) is 11.8 Å². The smallest absolute Gasteiger partial charge is 0.232 e. The normalized spacial score (nSPS) is 16.6. The molecule has 1 atom stereocenters. The lowest BCUT2D eigenvalue weighted by Crippen LogP contribution is -2.31. The fourth-order valence-electron chi connectivity index (χ4n) is 2.47. The molecule has 0 aliphatic carbocycles. The van der Waals surface area contributed by atoms with Crippen molar-refractivity contribution in [3.05, 3.63) is 59.7 Å². The number of carbonyl (C=O) groups is 2. The van der Waals surface area contributed by atoms with Gasteiger partial charge in [0.15, 0.2) is 0 Å². The van der Waals surface area contributed by atoms with Crippen molar-refractivity contribution in [3.8, 4) is 0 Å². The average molecular weight is 302 g/mol. The maximum atomic E-state index is 13.6. The SMILES string of the molecule is O=C1CC(C(=O)Nc2c(F)cccc2F)c2ccccc2N1. The molecule has 2 aromatic carbocycles. The second kappa shape index (κ2) is 5.55. The first kappa shape index (κ1) is 14.2. The van der Waals surface area contributed by atoms with E-state index >= 15 is 0 Å². The lowest BCUT2D eigenvalue weighted by Gasteiger charge is -2.24. The van der Waals surface area contributed by atoms with E-state index in [1.165, 1.54) is 6.07 Å². The van der Waals surface area contributed by atoms with Crippen LogP contribution in [0, 0.1) is 11.6 Å². The van der Waals surface area contributed by atoms with Gasteiger partial charge in [0.1, 0.15) is 17.3 Å². The van der Waals surface area contributed by atoms with Crippen molar-refractivity contribution < 1.29 is 18.4 Å². The summed E-state index contributed by atoms with van der Waals surface area (Å²) in [7, 11) is 0. The molecule has 3 rings (SSSR count). The molecule has 0 bridgehead atoms. The molecule has 1 unspecified atom stereocenters. The van der Waals surface area contributed by atoms with E-state index in [1.807, 2.05) is 0 Å². The standard InChI is InChI=1S/C16H12F2N2O2/c17-11-5-3-6-12(18)15(11)20-16(22)10-8-14(21)19-13-7-2-1-4-9(10)13/h1-7,10H,8H2,(H,19,21)(H,20,22). The summed E-state index contributed by atoms with van der Waals surface area (Å²) in [5.74, 6) is -3.44. The van der Waals surface area contributed by atoms with Crippen molar-refractivity contribution in [1.82, 2.24) is 0 Å². The van der Waals surface area contributed by atoms with Crippen LogP contribution in [-0.2, 0) is 9.59 Å². The Morgan fingerprint density at radius 1 is 1.09 bits per heavy atom. The number of rotatable bonds is 2. The Kier molecular flexibility index (Phi) is 3.58. The van der Waals surface area contributed by atoms with Crippen LogP contribution in [0.1, 0.15) is 17.9 Å². The summed E-state index contributed by atoms with van der Waals surface area (Å²) in [6.07, 6.45) is -0.0705. The number of carbonyl (C=O) groups excluding carboxylic acids is 2. The number of hydrogen-bond acceptors (Lipinski definition) is 2. The average Bonchev–Trinajstić information content (AvgIpc) is 2.50. The van der Waals surface area contributed by atoms with Gasteiger partial charge in [0.2, 0.25) is 11.8 Å². The van der Waals surface area contributed by atoms with Gasteiger partial charge >= 0.3 is 0 Å². The van der Waals surface area contributed by atoms with Crippen LogP contribution in [0.3, 0.4) is 0 Å². The van der Waals surface area contributed by atoms with Crippen LogP contribution in [0.4, 0.5) is 20.2 Å². The quantitative estimate of drug-likeness (QED) is 0.896. The third-order valence-electron chi connectivity index (χ3n) is 3.53. The molecule has 2 N–H and O–H groups in total. The minimum absolute atomic E-state index is 0.0705. The van der Waals surface area contributed by atoms with E-state index in [2.05, 4.69) is 10.6 Å². The molecule has 6 heteroatoms. The molecule has 2 amide bonds. The Hall–Kier alpha value is -2.76. The van der Waals surface area contributed by atoms with Gasteiger partial charge in [0, 0.05) is 12.1 Å². The number of para-hydroxylation sites is 2. The number of anilines is 2. The highest BCUT2D eigenvalue weighted by Gasteiger charge is 2.31. The number of halogens is 2. The fraction of sp³-hybridized carbons (Fsp3) is 0.125. The van der Waals surface area contributed by atoms with Crippen molar-refractivity contribution in [2.75, 3.05) is 10.6 Å². The minimum Gasteiger partial charge on any atom is -0.326 e. The summed E-state index contributed by atoms with van der Waals surface area (Å²) < 4.78 is 27.2. The molecule has 1 heterocycles. The van der Waals surface area contributed by atoms with Crippen LogP contribution in [0.25, 0.3) is 0 Å². The predicted octanol–water partition coefficient (Wildman–Crippen LogP) is 3.03. The number of nitrogens with one attached hydrogen (secondary N) is 2. The zero-order valence-electron chi connectivity index (χ0n) is 11.4. The first-order valence-electron chi connectivity index (χ1n) is 6.70. The Balaban J connectivity index is 1.91. The van der Waals surface area contributed by atoms with Crippen molar-refractivity contribution >= 4 is 23.2 Å². The molecule has 1 aliphatic heterocycles. The molecule has 0 saturated carbocycles. The van der Waals surface area contributed by atoms with E-state index in [0.717, 1.165) is 12.1 Å². The predicted molar refractivity (Wildman–Crippen MR) is 77.4 cm³/mol. The van der Waals surface area contributed by atoms with Crippen LogP contribution < -0.4 is 10.6 Å². The first-order valence-corrected chi connectivity index (χ1v) is 6.70. The van der Waals surface area contributed by atoms with Gasteiger partial charge in [-0.25, -0.2) is 8.78 Å². The summed E-state index contributed by atoms with van der Waals surface area (Å²) in [5.41, 5.74) is 0.653. The molecule has 112 valence electrons. The van der Waals surface area contributed by atoms with Gasteiger partial charge in [-0.1, -0.05) is 24.3 Å². The van der Waals surface area contributed by atoms with Crippen LogP contribution in [0.5, 0.6) is 0 Å². The summed E-state index contributed by atoms with van der Waals surface area (Å²) in [5, 5.41) is 4.90. The second-order valence-electron chi connectivity index (χ2n) is 4.98. The summed E-state index contributed by atoms with van der Waals surface area (Å²) in [4.78, 5) is 24.0. The molecule has 4 nitrogen and oxygen atoms in total. The van der Waals surface area contributed by atoms with Crippen molar-refractivity contribution in [1.29, 1.82) is 0 Å². The molecule has 0 saturated heterocycles. The van der Waals surface area contributed by atoms with Crippen molar-refractivity contribution in [2.24, 2.45) is 0 Å². The van der Waals surface area contributed by atoms with Gasteiger partial charge in [-0.15, -0.1) is 0 Å². The molecule has 22 heavy (non-hydrogen) atoms. The summed E-state index contributed by atoms with van der Waals surface area (Å²) in [6, 6.07) is 10.2. The van der Waals surface area contributed by atoms with Gasteiger partial charge in [0.25, 0.3) is 0 Å². The van der Waals surface area contributed by atoms with E-state index in [4.69, 9.17) is 0 Å². The molecular formula is C16H12F2N2O2.